The van der Waals surface area contributed by atoms with Crippen molar-refractivity contribution in [3.63, 3.8) is 0 Å². The molecule has 4 rings (SSSR count). The molecule has 0 amide bonds. The van der Waals surface area contributed by atoms with Gasteiger partial charge < -0.3 is 25.8 Å². The standard InChI is InChI=1S/C30H35NO5/c31-27(18-32)23-11-6-10-22(15-23)25-13-20(14-26(16-25)30(35)21-7-2-1-3-8-21)19-36-28-12-5-4-9-24(28)17-29(33)34/h4-6,9-16,21,27,30,32,35H,1-3,7-8,17-19,31H2,(H,33,34)/t27-,30?/m1/s1. The molecule has 0 radical (unpaired) electrons. The lowest BCUT2D eigenvalue weighted by Gasteiger charge is -2.27. The summed E-state index contributed by atoms with van der Waals surface area (Å²) >= 11 is 0. The van der Waals surface area contributed by atoms with Crippen LogP contribution in [0.4, 0.5) is 0 Å². The van der Waals surface area contributed by atoms with Crippen LogP contribution >= 0.6 is 0 Å². The molecule has 1 aliphatic rings. The fourth-order valence-electron chi connectivity index (χ4n) is 5.03. The summed E-state index contributed by atoms with van der Waals surface area (Å²) in [5.74, 6) is -0.143. The van der Waals surface area contributed by atoms with Crippen LogP contribution < -0.4 is 10.5 Å². The van der Waals surface area contributed by atoms with E-state index in [-0.39, 0.29) is 25.6 Å². The topological polar surface area (TPSA) is 113 Å². The zero-order valence-electron chi connectivity index (χ0n) is 20.5. The van der Waals surface area contributed by atoms with E-state index in [1.54, 1.807) is 18.2 Å². The van der Waals surface area contributed by atoms with Crippen LogP contribution in [0.25, 0.3) is 11.1 Å². The second-order valence-electron chi connectivity index (χ2n) is 9.69. The van der Waals surface area contributed by atoms with E-state index in [2.05, 4.69) is 0 Å². The zero-order chi connectivity index (χ0) is 25.5. The fourth-order valence-corrected chi connectivity index (χ4v) is 5.03. The number of nitrogens with two attached hydrogens (primary N) is 1. The highest BCUT2D eigenvalue weighted by molar-refractivity contribution is 5.71. The number of benzene rings is 3. The number of ether oxygens (including phenoxy) is 1. The Morgan fingerprint density at radius 2 is 1.69 bits per heavy atom. The summed E-state index contributed by atoms with van der Waals surface area (Å²) in [5.41, 5.74) is 11.1. The third-order valence-corrected chi connectivity index (χ3v) is 7.01. The summed E-state index contributed by atoms with van der Waals surface area (Å²) in [6.07, 6.45) is 4.85. The Bertz CT molecular complexity index is 1170. The number of hydrogen-bond donors (Lipinski definition) is 4. The van der Waals surface area contributed by atoms with Crippen LogP contribution in [0.1, 0.15) is 66.5 Å². The quantitative estimate of drug-likeness (QED) is 0.313. The molecule has 3 aromatic rings. The molecule has 6 heteroatoms. The number of aliphatic carboxylic acids is 1. The minimum Gasteiger partial charge on any atom is -0.489 e. The molecule has 6 nitrogen and oxygen atoms in total. The molecule has 0 bridgehead atoms. The maximum absolute atomic E-state index is 11.3. The average molecular weight is 490 g/mol. The highest BCUT2D eigenvalue weighted by atomic mass is 16.5. The first-order chi connectivity index (χ1) is 17.4. The molecule has 2 atom stereocenters. The fraction of sp³-hybridized carbons (Fsp3) is 0.367. The lowest BCUT2D eigenvalue weighted by Crippen LogP contribution is -2.16. The van der Waals surface area contributed by atoms with Crippen LogP contribution in [0.5, 0.6) is 5.75 Å². The van der Waals surface area contributed by atoms with Gasteiger partial charge in [0.05, 0.1) is 25.2 Å². The molecule has 5 N–H and O–H groups in total. The number of para-hydroxylation sites is 1. The van der Waals surface area contributed by atoms with E-state index in [1.807, 2.05) is 48.5 Å². The Labute approximate surface area is 212 Å². The van der Waals surface area contributed by atoms with Gasteiger partial charge in [-0.25, -0.2) is 0 Å². The van der Waals surface area contributed by atoms with Crippen molar-refractivity contribution in [2.45, 2.75) is 57.3 Å². The Morgan fingerprint density at radius 1 is 0.944 bits per heavy atom. The number of rotatable bonds is 10. The molecule has 1 unspecified atom stereocenters. The van der Waals surface area contributed by atoms with Crippen molar-refractivity contribution in [2.24, 2.45) is 11.7 Å². The Kier molecular flexibility index (Phi) is 8.75. The molecule has 3 aromatic carbocycles. The van der Waals surface area contributed by atoms with Gasteiger partial charge in [-0.2, -0.15) is 0 Å². The van der Waals surface area contributed by atoms with Crippen molar-refractivity contribution in [2.75, 3.05) is 6.61 Å². The van der Waals surface area contributed by atoms with Crippen molar-refractivity contribution < 1.29 is 24.9 Å². The van der Waals surface area contributed by atoms with E-state index in [0.717, 1.165) is 53.5 Å². The second kappa shape index (κ2) is 12.2. The Balaban J connectivity index is 1.66. The number of aliphatic hydroxyl groups is 2. The van der Waals surface area contributed by atoms with E-state index < -0.39 is 18.1 Å². The average Bonchev–Trinajstić information content (AvgIpc) is 2.91. The molecule has 0 saturated heterocycles. The highest BCUT2D eigenvalue weighted by Gasteiger charge is 2.24. The van der Waals surface area contributed by atoms with Crippen LogP contribution in [0.3, 0.4) is 0 Å². The highest BCUT2D eigenvalue weighted by Crippen LogP contribution is 2.36. The predicted molar refractivity (Wildman–Crippen MR) is 140 cm³/mol. The van der Waals surface area contributed by atoms with Gasteiger partial charge in [0.25, 0.3) is 0 Å². The summed E-state index contributed by atoms with van der Waals surface area (Å²) in [4.78, 5) is 11.3. The largest absolute Gasteiger partial charge is 0.489 e. The van der Waals surface area contributed by atoms with E-state index in [9.17, 15) is 20.1 Å². The van der Waals surface area contributed by atoms with Gasteiger partial charge in [0, 0.05) is 5.56 Å². The number of carboxylic acids is 1. The summed E-state index contributed by atoms with van der Waals surface area (Å²) < 4.78 is 6.08. The Hall–Kier alpha value is -3.19. The molecular formula is C30H35NO5. The van der Waals surface area contributed by atoms with Crippen LogP contribution in [0.15, 0.2) is 66.7 Å². The van der Waals surface area contributed by atoms with Crippen LogP contribution in [-0.4, -0.2) is 27.9 Å². The molecule has 36 heavy (non-hydrogen) atoms. The van der Waals surface area contributed by atoms with Crippen LogP contribution in [-0.2, 0) is 17.8 Å². The van der Waals surface area contributed by atoms with Crippen LogP contribution in [0.2, 0.25) is 0 Å². The first-order valence-electron chi connectivity index (χ1n) is 12.7. The van der Waals surface area contributed by atoms with Gasteiger partial charge in [0.1, 0.15) is 12.4 Å². The second-order valence-corrected chi connectivity index (χ2v) is 9.69. The third kappa shape index (κ3) is 6.52. The minimum absolute atomic E-state index is 0.111. The van der Waals surface area contributed by atoms with Gasteiger partial charge >= 0.3 is 5.97 Å². The third-order valence-electron chi connectivity index (χ3n) is 7.01. The molecule has 0 aliphatic heterocycles. The van der Waals surface area contributed by atoms with E-state index in [0.29, 0.717) is 11.3 Å². The smallest absolute Gasteiger partial charge is 0.307 e. The molecule has 0 heterocycles. The molecule has 1 saturated carbocycles. The molecule has 0 spiro atoms. The normalized spacial score (nSPS) is 15.9. The van der Waals surface area contributed by atoms with Gasteiger partial charge in [-0.3, -0.25) is 4.79 Å². The van der Waals surface area contributed by atoms with Crippen molar-refractivity contribution in [1.29, 1.82) is 0 Å². The Morgan fingerprint density at radius 3 is 2.44 bits per heavy atom. The van der Waals surface area contributed by atoms with E-state index >= 15 is 0 Å². The maximum Gasteiger partial charge on any atom is 0.307 e. The maximum atomic E-state index is 11.3. The number of hydrogen-bond acceptors (Lipinski definition) is 5. The minimum atomic E-state index is -0.910. The monoisotopic (exact) mass is 489 g/mol. The number of aliphatic hydroxyl groups excluding tert-OH is 2. The van der Waals surface area contributed by atoms with Crippen molar-refractivity contribution >= 4 is 5.97 Å². The zero-order valence-corrected chi connectivity index (χ0v) is 20.5. The summed E-state index contributed by atoms with van der Waals surface area (Å²) in [6, 6.07) is 20.5. The van der Waals surface area contributed by atoms with Gasteiger partial charge in [0.2, 0.25) is 0 Å². The molecule has 1 aliphatic carbocycles. The summed E-state index contributed by atoms with van der Waals surface area (Å²) in [5, 5.41) is 30.0. The van der Waals surface area contributed by atoms with Gasteiger partial charge in [0.15, 0.2) is 0 Å². The van der Waals surface area contributed by atoms with Crippen LogP contribution in [0, 0.1) is 5.92 Å². The first kappa shape index (κ1) is 25.9. The molecule has 1 fully saturated rings. The predicted octanol–water partition coefficient (Wildman–Crippen LogP) is 5.17. The van der Waals surface area contributed by atoms with E-state index in [1.165, 1.54) is 6.42 Å². The molecular weight excluding hydrogens is 454 g/mol. The lowest BCUT2D eigenvalue weighted by molar-refractivity contribution is -0.136. The van der Waals surface area contributed by atoms with Crippen molar-refractivity contribution in [1.82, 2.24) is 0 Å². The molecule has 190 valence electrons. The van der Waals surface area contributed by atoms with Gasteiger partial charge in [-0.1, -0.05) is 55.7 Å². The number of carboxylic acid groups (broad SMARTS) is 1. The summed E-state index contributed by atoms with van der Waals surface area (Å²) in [7, 11) is 0. The van der Waals surface area contributed by atoms with E-state index in [4.69, 9.17) is 10.5 Å². The number of carbonyl (C=O) groups is 1. The summed E-state index contributed by atoms with van der Waals surface area (Å²) in [6.45, 7) is 0.101. The molecule has 0 aromatic heterocycles. The van der Waals surface area contributed by atoms with Crippen molar-refractivity contribution in [3.8, 4) is 16.9 Å². The first-order valence-corrected chi connectivity index (χ1v) is 12.7. The van der Waals surface area contributed by atoms with Gasteiger partial charge in [-0.05, 0) is 76.9 Å². The SMILES string of the molecule is N[C@H](CO)c1cccc(-c2cc(COc3ccccc3CC(=O)O)cc(C(O)C3CCCCC3)c2)c1. The lowest BCUT2D eigenvalue weighted by atomic mass is 9.82. The van der Waals surface area contributed by atoms with Gasteiger partial charge in [-0.15, -0.1) is 0 Å². The van der Waals surface area contributed by atoms with Crippen molar-refractivity contribution in [3.05, 3.63) is 89.0 Å².